The normalized spacial score (nSPS) is 18.4. The summed E-state index contributed by atoms with van der Waals surface area (Å²) < 4.78 is 12.9. The Labute approximate surface area is 196 Å². The van der Waals surface area contributed by atoms with Crippen LogP contribution in [0.5, 0.6) is 0 Å². The smallest absolute Gasteiger partial charge is 0.267 e. The van der Waals surface area contributed by atoms with Crippen molar-refractivity contribution in [1.82, 2.24) is 14.3 Å². The highest BCUT2D eigenvalue weighted by Gasteiger charge is 2.32. The van der Waals surface area contributed by atoms with Gasteiger partial charge in [0.1, 0.15) is 15.8 Å². The van der Waals surface area contributed by atoms with Crippen molar-refractivity contribution in [2.75, 3.05) is 51.0 Å². The number of rotatable bonds is 7. The molecule has 0 radical (unpaired) electrons. The number of thiocarbonyl (C=S) groups is 1. The lowest BCUT2D eigenvalue weighted by Gasteiger charge is -2.29. The van der Waals surface area contributed by atoms with Gasteiger partial charge in [0.25, 0.3) is 11.5 Å². The summed E-state index contributed by atoms with van der Waals surface area (Å²) in [5, 5.41) is 0. The first-order chi connectivity index (χ1) is 15.5. The van der Waals surface area contributed by atoms with Crippen molar-refractivity contribution in [2.24, 2.45) is 0 Å². The summed E-state index contributed by atoms with van der Waals surface area (Å²) >= 11 is 6.66. The van der Waals surface area contributed by atoms with E-state index in [-0.39, 0.29) is 11.5 Å². The number of anilines is 1. The van der Waals surface area contributed by atoms with Crippen molar-refractivity contribution in [1.29, 1.82) is 0 Å². The first kappa shape index (κ1) is 22.9. The Kier molecular flexibility index (Phi) is 7.24. The highest BCUT2D eigenvalue weighted by Crippen LogP contribution is 2.33. The van der Waals surface area contributed by atoms with Gasteiger partial charge in [-0.05, 0) is 38.0 Å². The number of fused-ring (bicyclic) bond motifs is 1. The topological polar surface area (TPSA) is 76.4 Å². The summed E-state index contributed by atoms with van der Waals surface area (Å²) in [6.07, 6.45) is 4.06. The van der Waals surface area contributed by atoms with Crippen LogP contribution in [0, 0.1) is 6.92 Å². The van der Waals surface area contributed by atoms with Crippen LogP contribution in [0.2, 0.25) is 0 Å². The van der Waals surface area contributed by atoms with Crippen molar-refractivity contribution < 1.29 is 14.3 Å². The van der Waals surface area contributed by atoms with Crippen LogP contribution in [0.4, 0.5) is 5.82 Å². The summed E-state index contributed by atoms with van der Waals surface area (Å²) in [5.41, 5.74) is 1.71. The minimum atomic E-state index is -0.207. The number of carbonyl (C=O) groups is 1. The number of hydrogen-bond acceptors (Lipinski definition) is 8. The molecule has 0 unspecified atom stereocenters. The molecule has 2 aliphatic rings. The van der Waals surface area contributed by atoms with E-state index >= 15 is 0 Å². The molecule has 0 aliphatic carbocycles. The number of hydrogen-bond donors (Lipinski definition) is 0. The van der Waals surface area contributed by atoms with Crippen LogP contribution in [0.1, 0.15) is 24.5 Å². The van der Waals surface area contributed by atoms with Crippen molar-refractivity contribution in [3.05, 3.63) is 44.7 Å². The van der Waals surface area contributed by atoms with Gasteiger partial charge in [-0.2, -0.15) is 0 Å². The molecule has 2 aromatic heterocycles. The van der Waals surface area contributed by atoms with E-state index < -0.39 is 0 Å². The van der Waals surface area contributed by atoms with Crippen LogP contribution >= 0.6 is 24.0 Å². The maximum absolute atomic E-state index is 13.5. The highest BCUT2D eigenvalue weighted by molar-refractivity contribution is 8.26. The van der Waals surface area contributed by atoms with E-state index in [0.29, 0.717) is 78.7 Å². The molecule has 4 rings (SSSR count). The molecule has 4 heterocycles. The number of ether oxygens (including phenoxy) is 2. The van der Waals surface area contributed by atoms with Gasteiger partial charge in [-0.1, -0.05) is 30.0 Å². The highest BCUT2D eigenvalue weighted by atomic mass is 32.2. The minimum absolute atomic E-state index is 0.182. The van der Waals surface area contributed by atoms with E-state index in [2.05, 4.69) is 0 Å². The molecule has 0 N–H and O–H groups in total. The number of thioether (sulfide) groups is 1. The predicted octanol–water partition coefficient (Wildman–Crippen LogP) is 2.47. The number of pyridine rings is 1. The van der Waals surface area contributed by atoms with E-state index in [1.807, 2.05) is 30.9 Å². The van der Waals surface area contributed by atoms with Crippen LogP contribution < -0.4 is 10.5 Å². The Morgan fingerprint density at radius 3 is 2.84 bits per heavy atom. The molecule has 2 saturated heterocycles. The van der Waals surface area contributed by atoms with Crippen LogP contribution in [0.15, 0.2) is 28.0 Å². The zero-order valence-corrected chi connectivity index (χ0v) is 19.8. The van der Waals surface area contributed by atoms with Crippen molar-refractivity contribution in [3.63, 3.8) is 0 Å². The molecule has 32 heavy (non-hydrogen) atoms. The maximum atomic E-state index is 13.5. The van der Waals surface area contributed by atoms with Crippen LogP contribution in [0.3, 0.4) is 0 Å². The number of morpholine rings is 1. The van der Waals surface area contributed by atoms with Crippen molar-refractivity contribution in [2.45, 2.75) is 20.3 Å². The lowest BCUT2D eigenvalue weighted by atomic mass is 10.2. The Morgan fingerprint density at radius 2 is 2.09 bits per heavy atom. The molecule has 8 nitrogen and oxygen atoms in total. The molecule has 0 aromatic carbocycles. The first-order valence-corrected chi connectivity index (χ1v) is 11.9. The van der Waals surface area contributed by atoms with E-state index in [0.717, 1.165) is 5.56 Å². The zero-order valence-electron chi connectivity index (χ0n) is 18.2. The molecular formula is C22H26N4O4S2. The van der Waals surface area contributed by atoms with E-state index in [1.165, 1.54) is 16.2 Å². The molecule has 0 atom stereocenters. The van der Waals surface area contributed by atoms with Gasteiger partial charge in [0.2, 0.25) is 0 Å². The molecule has 170 valence electrons. The zero-order chi connectivity index (χ0) is 22.7. The molecule has 0 spiro atoms. The SMILES string of the molecule is CCOCCCN1C(=O)C(=Cc2c(N3CCOCC3)nc3c(C)cccn3c2=O)SC1=S. The Balaban J connectivity index is 1.74. The second-order valence-corrected chi connectivity index (χ2v) is 9.20. The van der Waals surface area contributed by atoms with E-state index in [9.17, 15) is 9.59 Å². The van der Waals surface area contributed by atoms with Crippen LogP contribution in [-0.4, -0.2) is 70.6 Å². The van der Waals surface area contributed by atoms with Gasteiger partial charge in [0.15, 0.2) is 0 Å². The van der Waals surface area contributed by atoms with Crippen molar-refractivity contribution >= 4 is 51.7 Å². The van der Waals surface area contributed by atoms with Gasteiger partial charge in [-0.3, -0.25) is 18.9 Å². The summed E-state index contributed by atoms with van der Waals surface area (Å²) in [7, 11) is 0. The lowest BCUT2D eigenvalue weighted by molar-refractivity contribution is -0.122. The Morgan fingerprint density at radius 1 is 1.31 bits per heavy atom. The average Bonchev–Trinajstić information content (AvgIpc) is 3.06. The third-order valence-electron chi connectivity index (χ3n) is 5.40. The van der Waals surface area contributed by atoms with Crippen molar-refractivity contribution in [3.8, 4) is 0 Å². The van der Waals surface area contributed by atoms with Gasteiger partial charge in [-0.25, -0.2) is 4.98 Å². The van der Waals surface area contributed by atoms with Gasteiger partial charge in [-0.15, -0.1) is 0 Å². The number of aryl methyl sites for hydroxylation is 1. The Bertz CT molecular complexity index is 1120. The molecule has 2 aromatic rings. The second kappa shape index (κ2) is 10.1. The number of carbonyl (C=O) groups excluding carboxylic acids is 1. The second-order valence-electron chi connectivity index (χ2n) is 7.52. The van der Waals surface area contributed by atoms with E-state index in [4.69, 9.17) is 26.7 Å². The number of nitrogens with zero attached hydrogens (tertiary/aromatic N) is 4. The first-order valence-electron chi connectivity index (χ1n) is 10.7. The number of amides is 1. The fourth-order valence-corrected chi connectivity index (χ4v) is 5.03. The van der Waals surface area contributed by atoms with Gasteiger partial charge < -0.3 is 14.4 Å². The molecule has 0 bridgehead atoms. The molecule has 2 aliphatic heterocycles. The van der Waals surface area contributed by atoms with Gasteiger partial charge in [0, 0.05) is 39.0 Å². The maximum Gasteiger partial charge on any atom is 0.267 e. The standard InChI is InChI=1S/C22H26N4O4S2/c1-3-29-11-5-8-26-21(28)17(32-22(26)31)14-16-19(24-9-12-30-13-10-24)23-18-15(2)6-4-7-25(18)20(16)27/h4,6-7,14H,3,5,8-13H2,1-2H3. The predicted molar refractivity (Wildman–Crippen MR) is 130 cm³/mol. The van der Waals surface area contributed by atoms with Crippen LogP contribution in [0.25, 0.3) is 11.7 Å². The summed E-state index contributed by atoms with van der Waals surface area (Å²) in [4.78, 5) is 35.4. The Hall–Kier alpha value is -2.27. The molecular weight excluding hydrogens is 448 g/mol. The third-order valence-corrected chi connectivity index (χ3v) is 6.78. The van der Waals surface area contributed by atoms with Gasteiger partial charge >= 0.3 is 0 Å². The van der Waals surface area contributed by atoms with Gasteiger partial charge in [0.05, 0.1) is 23.7 Å². The fraction of sp³-hybridized carbons (Fsp3) is 0.455. The monoisotopic (exact) mass is 474 g/mol. The summed E-state index contributed by atoms with van der Waals surface area (Å²) in [6.45, 7) is 7.97. The van der Waals surface area contributed by atoms with Crippen LogP contribution in [-0.2, 0) is 14.3 Å². The number of aromatic nitrogens is 2. The molecule has 1 amide bonds. The lowest BCUT2D eigenvalue weighted by Crippen LogP contribution is -2.38. The van der Waals surface area contributed by atoms with E-state index in [1.54, 1.807) is 17.2 Å². The molecule has 2 fully saturated rings. The minimum Gasteiger partial charge on any atom is -0.382 e. The largest absolute Gasteiger partial charge is 0.382 e. The molecule has 0 saturated carbocycles. The summed E-state index contributed by atoms with van der Waals surface area (Å²) in [6, 6.07) is 3.75. The third kappa shape index (κ3) is 4.59. The summed E-state index contributed by atoms with van der Waals surface area (Å²) in [5.74, 6) is 0.396. The molecule has 10 heteroatoms. The average molecular weight is 475 g/mol. The quantitative estimate of drug-likeness (QED) is 0.344. The fourth-order valence-electron chi connectivity index (χ4n) is 3.74.